The van der Waals surface area contributed by atoms with E-state index in [9.17, 15) is 62.0 Å². The predicted molar refractivity (Wildman–Crippen MR) is 237 cm³/mol. The molecule has 2 rings (SSSR count). The summed E-state index contributed by atoms with van der Waals surface area (Å²) in [6, 6.07) is 7.07. The molecule has 0 aliphatic rings. The SMILES string of the molecule is C\C(=C/C=C/C=C/C(C)=[N+](\CCCS(=O)(=O)O)c1cc(C(=O)NCCS(=O)(=O)O)cc(C(=O)NCCS(=O)(=O)O)c1C)N(CCCS(=O)(=O)O)c1ccc(C(=O)NCC(=O)O)cc1C. The summed E-state index contributed by atoms with van der Waals surface area (Å²) in [4.78, 5) is 51.7. The van der Waals surface area contributed by atoms with Crippen molar-refractivity contribution < 1.29 is 80.7 Å². The number of hydrogen-bond acceptors (Lipinski definition) is 13. The number of carboxylic acids is 1. The zero-order valence-electron chi connectivity index (χ0n) is 35.2. The van der Waals surface area contributed by atoms with Crippen molar-refractivity contribution in [2.75, 3.05) is 60.6 Å². The molecule has 0 fully saturated rings. The third-order valence-electron chi connectivity index (χ3n) is 8.94. The Morgan fingerprint density at radius 1 is 0.672 bits per heavy atom. The number of aryl methyl sites for hydroxylation is 1. The Morgan fingerprint density at radius 2 is 1.22 bits per heavy atom. The second kappa shape index (κ2) is 24.1. The van der Waals surface area contributed by atoms with E-state index in [0.717, 1.165) is 6.07 Å². The minimum Gasteiger partial charge on any atom is -0.480 e. The van der Waals surface area contributed by atoms with Crippen LogP contribution in [-0.4, -0.2) is 147 Å². The van der Waals surface area contributed by atoms with Gasteiger partial charge >= 0.3 is 5.97 Å². The molecule has 0 bridgehead atoms. The lowest BCUT2D eigenvalue weighted by molar-refractivity contribution is -0.440. The Morgan fingerprint density at radius 3 is 1.77 bits per heavy atom. The molecule has 0 aliphatic carbocycles. The number of benzene rings is 2. The Labute approximate surface area is 371 Å². The standard InChI is InChI=1S/C38H51N5O17S4/c1-26-22-30(36(46)41-25-35(44)45)12-13-33(26)42(16-8-18-61(49,50)51)27(2)10-6-5-7-11-28(3)43(17-9-19-62(52,53)54)34-24-31(37(47)39-14-20-63(55,56)57)23-32(29(34)4)38(48)40-15-21-64(58,59)60/h5-7,10-13,22-24H,8-9,14-21,25H2,1-4H3,(H7-,39,40,41,44,45,46,47,48,49,50,51,52,53,54,55,56,57,58,59,60)/p+1. The van der Waals surface area contributed by atoms with Crippen molar-refractivity contribution in [3.05, 3.63) is 94.2 Å². The van der Waals surface area contributed by atoms with Gasteiger partial charge in [-0.2, -0.15) is 38.2 Å². The largest absolute Gasteiger partial charge is 0.480 e. The summed E-state index contributed by atoms with van der Waals surface area (Å²) >= 11 is 0. The van der Waals surface area contributed by atoms with Crippen LogP contribution in [0.1, 0.15) is 68.9 Å². The van der Waals surface area contributed by atoms with Crippen molar-refractivity contribution in [3.8, 4) is 0 Å². The molecule has 0 atom stereocenters. The van der Waals surface area contributed by atoms with Crippen molar-refractivity contribution in [2.45, 2.75) is 40.5 Å². The zero-order chi connectivity index (χ0) is 48.6. The topological polar surface area (TPSA) is 348 Å². The molecule has 0 spiro atoms. The monoisotopic (exact) mass is 978 g/mol. The molecule has 26 heteroatoms. The summed E-state index contributed by atoms with van der Waals surface area (Å²) in [5, 5.41) is 15.8. The fraction of sp³-hybridized carbons (Fsp3) is 0.395. The lowest BCUT2D eigenvalue weighted by atomic mass is 10.00. The van der Waals surface area contributed by atoms with E-state index in [4.69, 9.17) is 14.2 Å². The van der Waals surface area contributed by atoms with Crippen LogP contribution >= 0.6 is 0 Å². The van der Waals surface area contributed by atoms with E-state index in [2.05, 4.69) is 16.0 Å². The Balaban J connectivity index is 2.65. The molecule has 64 heavy (non-hydrogen) atoms. The van der Waals surface area contributed by atoms with Gasteiger partial charge in [-0.1, -0.05) is 18.2 Å². The summed E-state index contributed by atoms with van der Waals surface area (Å²) in [5.41, 5.74) is 2.36. The number of rotatable bonds is 25. The van der Waals surface area contributed by atoms with Crippen LogP contribution in [0.4, 0.5) is 11.4 Å². The Hall–Kier alpha value is -5.35. The quantitative estimate of drug-likeness (QED) is 0.0303. The third-order valence-corrected chi connectivity index (χ3v) is 12.0. The van der Waals surface area contributed by atoms with Gasteiger partial charge in [0, 0.05) is 78.8 Å². The molecule has 0 aliphatic heterocycles. The maximum atomic E-state index is 13.3. The Kier molecular flexibility index (Phi) is 20.6. The van der Waals surface area contributed by atoms with Gasteiger partial charge in [0.1, 0.15) is 13.1 Å². The van der Waals surface area contributed by atoms with E-state index in [0.29, 0.717) is 22.7 Å². The molecule has 22 nitrogen and oxygen atoms in total. The van der Waals surface area contributed by atoms with E-state index in [-0.39, 0.29) is 53.9 Å². The average molecular weight is 979 g/mol. The van der Waals surface area contributed by atoms with E-state index in [1.54, 1.807) is 62.1 Å². The van der Waals surface area contributed by atoms with Crippen LogP contribution in [0.2, 0.25) is 0 Å². The lowest BCUT2D eigenvalue weighted by Gasteiger charge is -2.27. The van der Waals surface area contributed by atoms with E-state index < -0.39 is 107 Å². The number of carbonyl (C=O) groups excluding carboxylic acids is 3. The van der Waals surface area contributed by atoms with Crippen LogP contribution in [0.25, 0.3) is 0 Å². The Bertz CT molecular complexity index is 2660. The minimum absolute atomic E-state index is 0.0102. The molecular formula is C38H52N5O17S4+. The minimum atomic E-state index is -4.47. The van der Waals surface area contributed by atoms with Gasteiger partial charge in [0.15, 0.2) is 5.71 Å². The fourth-order valence-corrected chi connectivity index (χ4v) is 7.61. The van der Waals surface area contributed by atoms with Gasteiger partial charge in [-0.25, -0.2) is 0 Å². The van der Waals surface area contributed by atoms with Crippen LogP contribution in [0.5, 0.6) is 0 Å². The zero-order valence-corrected chi connectivity index (χ0v) is 38.5. The van der Waals surface area contributed by atoms with Gasteiger partial charge < -0.3 is 26.0 Å². The molecule has 8 N–H and O–H groups in total. The van der Waals surface area contributed by atoms with Gasteiger partial charge in [-0.05, 0) is 63.1 Å². The second-order valence-electron chi connectivity index (χ2n) is 14.1. The highest BCUT2D eigenvalue weighted by Crippen LogP contribution is 2.27. The van der Waals surface area contributed by atoms with Gasteiger partial charge in [0.25, 0.3) is 58.2 Å². The van der Waals surface area contributed by atoms with E-state index in [1.807, 2.05) is 0 Å². The van der Waals surface area contributed by atoms with Crippen LogP contribution < -0.4 is 20.9 Å². The molecule has 3 amide bonds. The van der Waals surface area contributed by atoms with E-state index >= 15 is 0 Å². The lowest BCUT2D eigenvalue weighted by Crippen LogP contribution is -2.31. The highest BCUT2D eigenvalue weighted by atomic mass is 32.2. The number of nitrogens with zero attached hydrogens (tertiary/aromatic N) is 2. The van der Waals surface area contributed by atoms with Crippen molar-refractivity contribution in [1.82, 2.24) is 16.0 Å². The van der Waals surface area contributed by atoms with Crippen molar-refractivity contribution >= 4 is 81.2 Å². The molecule has 0 saturated carbocycles. The number of nitrogens with one attached hydrogen (secondary N) is 3. The van der Waals surface area contributed by atoms with Crippen LogP contribution in [0.15, 0.2) is 66.4 Å². The maximum absolute atomic E-state index is 13.3. The van der Waals surface area contributed by atoms with Crippen molar-refractivity contribution in [2.24, 2.45) is 0 Å². The summed E-state index contributed by atoms with van der Waals surface area (Å²) < 4.78 is 130. The molecule has 0 saturated heterocycles. The first kappa shape index (κ1) is 54.8. The number of amides is 3. The molecule has 0 radical (unpaired) electrons. The molecule has 0 aromatic heterocycles. The van der Waals surface area contributed by atoms with Crippen molar-refractivity contribution in [3.63, 3.8) is 0 Å². The maximum Gasteiger partial charge on any atom is 0.322 e. The fourth-order valence-electron chi connectivity index (χ4n) is 5.91. The molecule has 354 valence electrons. The number of anilines is 1. The molecule has 0 heterocycles. The van der Waals surface area contributed by atoms with Gasteiger partial charge in [-0.3, -0.25) is 37.4 Å². The predicted octanol–water partition coefficient (Wildman–Crippen LogP) is 1.54. The highest BCUT2D eigenvalue weighted by molar-refractivity contribution is 7.86. The third kappa shape index (κ3) is 20.4. The van der Waals surface area contributed by atoms with Crippen LogP contribution in [0.3, 0.4) is 0 Å². The number of carboxylic acid groups (broad SMARTS) is 1. The normalized spacial score (nSPS) is 13.2. The first-order chi connectivity index (χ1) is 29.5. The average Bonchev–Trinajstić information content (AvgIpc) is 3.15. The molecule has 2 aromatic carbocycles. The first-order valence-corrected chi connectivity index (χ1v) is 25.4. The molecule has 2 aromatic rings. The number of allylic oxidation sites excluding steroid dienone is 6. The first-order valence-electron chi connectivity index (χ1n) is 19.0. The van der Waals surface area contributed by atoms with Gasteiger partial charge in [-0.15, -0.1) is 0 Å². The van der Waals surface area contributed by atoms with Crippen molar-refractivity contribution in [1.29, 1.82) is 0 Å². The van der Waals surface area contributed by atoms with E-state index in [1.165, 1.54) is 29.7 Å². The summed E-state index contributed by atoms with van der Waals surface area (Å²) in [7, 11) is -17.7. The number of carbonyl (C=O) groups is 4. The van der Waals surface area contributed by atoms with Crippen LogP contribution in [0, 0.1) is 13.8 Å². The van der Waals surface area contributed by atoms with Gasteiger partial charge in [0.05, 0.1) is 23.0 Å². The highest BCUT2D eigenvalue weighted by Gasteiger charge is 2.26. The smallest absolute Gasteiger partial charge is 0.322 e. The van der Waals surface area contributed by atoms with Gasteiger partial charge in [0.2, 0.25) is 5.69 Å². The summed E-state index contributed by atoms with van der Waals surface area (Å²) in [5.74, 6) is -6.49. The number of aliphatic carboxylic acids is 1. The summed E-state index contributed by atoms with van der Waals surface area (Å²) in [6.45, 7) is 4.86. The second-order valence-corrected chi connectivity index (χ2v) is 20.4. The molecular weight excluding hydrogens is 927 g/mol. The summed E-state index contributed by atoms with van der Waals surface area (Å²) in [6.07, 6.45) is 7.90. The van der Waals surface area contributed by atoms with Crippen LogP contribution in [-0.2, 0) is 45.3 Å². The molecule has 0 unspecified atom stereocenters. The number of hydrogen-bond donors (Lipinski definition) is 8.